The van der Waals surface area contributed by atoms with E-state index in [1.165, 1.54) is 25.7 Å². The predicted molar refractivity (Wildman–Crippen MR) is 27.1 cm³/mol. The summed E-state index contributed by atoms with van der Waals surface area (Å²) in [5.74, 6) is 0. The van der Waals surface area contributed by atoms with Crippen LogP contribution in [0.25, 0.3) is 0 Å². The Morgan fingerprint density at radius 2 is 1.00 bits per heavy atom. The van der Waals surface area contributed by atoms with Crippen LogP contribution in [0.3, 0.4) is 0 Å². The average molecular weight is 171 g/mol. The third kappa shape index (κ3) is 3.67. The number of hydrogen-bond acceptors (Lipinski definition) is 0. The molecule has 0 aromatic carbocycles. The summed E-state index contributed by atoms with van der Waals surface area (Å²) in [5, 5.41) is 0. The van der Waals surface area contributed by atoms with Gasteiger partial charge in [-0.1, -0.05) is 0 Å². The molecule has 1 aliphatic carbocycles. The van der Waals surface area contributed by atoms with Crippen molar-refractivity contribution in [2.45, 2.75) is 25.7 Å². The largest absolute Gasteiger partial charge is 0.333 e. The zero-order valence-electron chi connectivity index (χ0n) is 4.56. The van der Waals surface area contributed by atoms with Crippen LogP contribution in [0.5, 0.6) is 0 Å². The molecule has 1 rings (SSSR count). The summed E-state index contributed by atoms with van der Waals surface area (Å²) in [6, 6.07) is 0. The van der Waals surface area contributed by atoms with Crippen molar-refractivity contribution in [1.82, 2.24) is 0 Å². The molecule has 0 aromatic heterocycles. The first-order valence-electron chi connectivity index (χ1n) is 2.63. The van der Waals surface area contributed by atoms with E-state index in [-0.39, 0.29) is 32.7 Å². The van der Waals surface area contributed by atoms with Gasteiger partial charge in [-0.05, 0) is 0 Å². The van der Waals surface area contributed by atoms with Crippen molar-refractivity contribution in [2.24, 2.45) is 0 Å². The second kappa shape index (κ2) is 5.24. The Hall–Kier alpha value is 1.10. The van der Waals surface area contributed by atoms with E-state index >= 15 is 0 Å². The van der Waals surface area contributed by atoms with E-state index in [2.05, 4.69) is 12.8 Å². The molecule has 0 heterocycles. The van der Waals surface area contributed by atoms with Gasteiger partial charge in [0.25, 0.3) is 0 Å². The van der Waals surface area contributed by atoms with Gasteiger partial charge in [0.05, 0.1) is 0 Å². The molecule has 0 aliphatic heterocycles. The molecule has 0 unspecified atom stereocenters. The minimum Gasteiger partial charge on any atom is -0.333 e. The van der Waals surface area contributed by atoms with Crippen molar-refractivity contribution in [1.29, 1.82) is 0 Å². The van der Waals surface area contributed by atoms with E-state index in [1.54, 1.807) is 0 Å². The molecular weight excluding hydrogens is 161 g/mol. The van der Waals surface area contributed by atoms with Crippen molar-refractivity contribution in [3.63, 3.8) is 0 Å². The molecule has 0 bridgehead atoms. The predicted octanol–water partition coefficient (Wildman–Crippen LogP) is 1.97. The molecule has 7 heavy (non-hydrogen) atoms. The second-order valence-electron chi connectivity index (χ2n) is 1.73. The first-order valence-corrected chi connectivity index (χ1v) is 2.63. The first-order chi connectivity index (χ1) is 3.00. The number of hydrogen-bond donors (Lipinski definition) is 0. The molecule has 0 N–H and O–H groups in total. The Balaban J connectivity index is 0.000000360. The Labute approximate surface area is 70.9 Å². The molecule has 0 saturated heterocycles. The van der Waals surface area contributed by atoms with E-state index in [9.17, 15) is 0 Å². The molecule has 1 radical (unpaired) electrons. The minimum absolute atomic E-state index is 0. The fourth-order valence-corrected chi connectivity index (χ4v) is 0.760. The zero-order valence-corrected chi connectivity index (χ0v) is 7.40. The van der Waals surface area contributed by atoms with E-state index in [4.69, 9.17) is 0 Å². The molecule has 0 spiro atoms. The van der Waals surface area contributed by atoms with E-state index in [1.807, 2.05) is 0 Å². The van der Waals surface area contributed by atoms with Crippen molar-refractivity contribution in [3.8, 4) is 0 Å². The van der Waals surface area contributed by atoms with Crippen LogP contribution in [0.1, 0.15) is 25.7 Å². The molecule has 1 heteroatoms. The van der Waals surface area contributed by atoms with Crippen LogP contribution in [0.15, 0.2) is 0 Å². The van der Waals surface area contributed by atoms with Gasteiger partial charge in [-0.25, -0.2) is 25.7 Å². The fourth-order valence-electron chi connectivity index (χ4n) is 0.760. The molecule has 0 atom stereocenters. The number of rotatable bonds is 0. The topological polar surface area (TPSA) is 0 Å². The Kier molecular flexibility index (Phi) is 6.07. The SMILES string of the molecule is [CH-]1CC[CH-]CC1.[Y]. The molecule has 1 aliphatic rings. The van der Waals surface area contributed by atoms with Crippen LogP contribution < -0.4 is 0 Å². The minimum atomic E-state index is 0. The monoisotopic (exact) mass is 171 g/mol. The van der Waals surface area contributed by atoms with Crippen LogP contribution in [0.2, 0.25) is 0 Å². The van der Waals surface area contributed by atoms with Gasteiger partial charge < -0.3 is 12.8 Å². The standard InChI is InChI=1S/C6H10.Y/c1-2-4-6-5-3-1;/h1,6H,2-5H2;/q-2;. The van der Waals surface area contributed by atoms with E-state index in [0.29, 0.717) is 0 Å². The molecule has 1 fully saturated rings. The van der Waals surface area contributed by atoms with Gasteiger partial charge in [0.2, 0.25) is 0 Å². The maximum atomic E-state index is 2.36. The summed E-state index contributed by atoms with van der Waals surface area (Å²) in [5.41, 5.74) is 0. The van der Waals surface area contributed by atoms with Gasteiger partial charge in [0.15, 0.2) is 0 Å². The molecule has 39 valence electrons. The van der Waals surface area contributed by atoms with Gasteiger partial charge in [-0.3, -0.25) is 0 Å². The van der Waals surface area contributed by atoms with Gasteiger partial charge >= 0.3 is 0 Å². The van der Waals surface area contributed by atoms with Gasteiger partial charge in [0, 0.05) is 32.7 Å². The van der Waals surface area contributed by atoms with Crippen molar-refractivity contribution in [3.05, 3.63) is 12.8 Å². The van der Waals surface area contributed by atoms with Crippen LogP contribution in [-0.2, 0) is 32.7 Å². The summed E-state index contributed by atoms with van der Waals surface area (Å²) < 4.78 is 0. The van der Waals surface area contributed by atoms with Crippen molar-refractivity contribution in [2.75, 3.05) is 0 Å². The average Bonchev–Trinajstić information content (AvgIpc) is 1.72. The quantitative estimate of drug-likeness (QED) is 0.488. The molecule has 0 amide bonds. The molecular formula is C6H10Y-2. The molecule has 0 nitrogen and oxygen atoms in total. The summed E-state index contributed by atoms with van der Waals surface area (Å²) in [7, 11) is 0. The third-order valence-corrected chi connectivity index (χ3v) is 1.15. The van der Waals surface area contributed by atoms with Gasteiger partial charge in [0.1, 0.15) is 0 Å². The van der Waals surface area contributed by atoms with Crippen LogP contribution in [0.4, 0.5) is 0 Å². The smallest absolute Gasteiger partial charge is 0 e. The van der Waals surface area contributed by atoms with E-state index < -0.39 is 0 Å². The Morgan fingerprint density at radius 1 is 0.714 bits per heavy atom. The summed E-state index contributed by atoms with van der Waals surface area (Å²) in [4.78, 5) is 0. The second-order valence-corrected chi connectivity index (χ2v) is 1.73. The maximum absolute atomic E-state index is 2.36. The zero-order chi connectivity index (χ0) is 4.24. The van der Waals surface area contributed by atoms with E-state index in [0.717, 1.165) is 0 Å². The Morgan fingerprint density at radius 3 is 1.14 bits per heavy atom. The maximum Gasteiger partial charge on any atom is 0 e. The van der Waals surface area contributed by atoms with Crippen LogP contribution >= 0.6 is 0 Å². The van der Waals surface area contributed by atoms with Crippen LogP contribution in [0, 0.1) is 12.8 Å². The summed E-state index contributed by atoms with van der Waals surface area (Å²) >= 11 is 0. The van der Waals surface area contributed by atoms with Gasteiger partial charge in [-0.2, -0.15) is 0 Å². The van der Waals surface area contributed by atoms with Crippen molar-refractivity contribution < 1.29 is 32.7 Å². The van der Waals surface area contributed by atoms with Crippen LogP contribution in [-0.4, -0.2) is 0 Å². The first kappa shape index (κ1) is 8.10. The normalized spacial score (nSPS) is 20.6. The third-order valence-electron chi connectivity index (χ3n) is 1.15. The Bertz CT molecular complexity index is 19.7. The summed E-state index contributed by atoms with van der Waals surface area (Å²) in [6.45, 7) is 0. The molecule has 1 saturated carbocycles. The van der Waals surface area contributed by atoms with Gasteiger partial charge in [-0.15, -0.1) is 0 Å². The summed E-state index contributed by atoms with van der Waals surface area (Å²) in [6.07, 6.45) is 10.0. The fraction of sp³-hybridized carbons (Fsp3) is 0.667. The molecule has 0 aromatic rings. The van der Waals surface area contributed by atoms with Crippen molar-refractivity contribution >= 4 is 0 Å².